The quantitative estimate of drug-likeness (QED) is 0.624. The SMILES string of the molecule is C=Cc1ncccc1CCCCC. The molecule has 0 N–H and O–H groups in total. The third kappa shape index (κ3) is 3.02. The minimum absolute atomic E-state index is 1.04. The molecule has 0 bridgehead atoms. The maximum atomic E-state index is 4.26. The van der Waals surface area contributed by atoms with Crippen LogP contribution >= 0.6 is 0 Å². The summed E-state index contributed by atoms with van der Waals surface area (Å²) in [5.74, 6) is 0. The lowest BCUT2D eigenvalue weighted by Gasteiger charge is -2.03. The molecule has 0 saturated heterocycles. The summed E-state index contributed by atoms with van der Waals surface area (Å²) < 4.78 is 0. The lowest BCUT2D eigenvalue weighted by Crippen LogP contribution is -1.91. The molecule has 0 radical (unpaired) electrons. The van der Waals surface area contributed by atoms with Gasteiger partial charge in [0.2, 0.25) is 0 Å². The molecule has 0 unspecified atom stereocenters. The number of hydrogen-bond donors (Lipinski definition) is 0. The molecule has 0 aliphatic rings. The van der Waals surface area contributed by atoms with Crippen molar-refractivity contribution < 1.29 is 0 Å². The molecule has 0 spiro atoms. The predicted molar refractivity (Wildman–Crippen MR) is 57.6 cm³/mol. The molecule has 0 aliphatic carbocycles. The topological polar surface area (TPSA) is 12.9 Å². The molecule has 1 aromatic rings. The van der Waals surface area contributed by atoms with Gasteiger partial charge in [0.25, 0.3) is 0 Å². The van der Waals surface area contributed by atoms with Crippen LogP contribution in [0.4, 0.5) is 0 Å². The summed E-state index contributed by atoms with van der Waals surface area (Å²) in [5, 5.41) is 0. The molecule has 1 rings (SSSR count). The third-order valence-electron chi connectivity index (χ3n) is 2.17. The maximum absolute atomic E-state index is 4.26. The minimum atomic E-state index is 1.04. The highest BCUT2D eigenvalue weighted by Crippen LogP contribution is 2.10. The van der Waals surface area contributed by atoms with E-state index in [9.17, 15) is 0 Å². The number of aryl methyl sites for hydroxylation is 1. The molecule has 1 aromatic heterocycles. The van der Waals surface area contributed by atoms with Crippen LogP contribution < -0.4 is 0 Å². The fraction of sp³-hybridized carbons (Fsp3) is 0.417. The third-order valence-corrected chi connectivity index (χ3v) is 2.17. The summed E-state index contributed by atoms with van der Waals surface area (Å²) in [6.45, 7) is 5.98. The standard InChI is InChI=1S/C12H17N/c1-3-5-6-8-11-9-7-10-13-12(11)4-2/h4,7,9-10H,2-3,5-6,8H2,1H3. The predicted octanol–water partition coefficient (Wildman–Crippen LogP) is 3.46. The van der Waals surface area contributed by atoms with Gasteiger partial charge in [-0.3, -0.25) is 4.98 Å². The smallest absolute Gasteiger partial charge is 0.0655 e. The molecule has 1 nitrogen and oxygen atoms in total. The zero-order valence-electron chi connectivity index (χ0n) is 8.29. The molecule has 0 amide bonds. The summed E-state index contributed by atoms with van der Waals surface area (Å²) in [7, 11) is 0. The largest absolute Gasteiger partial charge is 0.257 e. The van der Waals surface area contributed by atoms with E-state index in [-0.39, 0.29) is 0 Å². The van der Waals surface area contributed by atoms with Gasteiger partial charge in [-0.25, -0.2) is 0 Å². The Bertz CT molecular complexity index is 266. The second-order valence-corrected chi connectivity index (χ2v) is 3.21. The Kier molecular flexibility index (Phi) is 4.24. The van der Waals surface area contributed by atoms with Crippen molar-refractivity contribution in [3.8, 4) is 0 Å². The van der Waals surface area contributed by atoms with Crippen LogP contribution in [0.1, 0.15) is 37.4 Å². The summed E-state index contributed by atoms with van der Waals surface area (Å²) in [5.41, 5.74) is 2.37. The maximum Gasteiger partial charge on any atom is 0.0655 e. The van der Waals surface area contributed by atoms with Gasteiger partial charge in [-0.15, -0.1) is 0 Å². The van der Waals surface area contributed by atoms with Crippen molar-refractivity contribution in [1.29, 1.82) is 0 Å². The first-order chi connectivity index (χ1) is 6.38. The first-order valence-corrected chi connectivity index (χ1v) is 4.94. The average Bonchev–Trinajstić information content (AvgIpc) is 2.19. The number of pyridine rings is 1. The Labute approximate surface area is 80.5 Å². The van der Waals surface area contributed by atoms with E-state index in [1.807, 2.05) is 18.3 Å². The van der Waals surface area contributed by atoms with Crippen molar-refractivity contribution in [2.45, 2.75) is 32.6 Å². The first kappa shape index (κ1) is 9.97. The Hall–Kier alpha value is -1.11. The van der Waals surface area contributed by atoms with E-state index in [1.54, 1.807) is 0 Å². The van der Waals surface area contributed by atoms with Gasteiger partial charge < -0.3 is 0 Å². The van der Waals surface area contributed by atoms with E-state index in [4.69, 9.17) is 0 Å². The average molecular weight is 175 g/mol. The molecule has 1 heteroatoms. The van der Waals surface area contributed by atoms with Crippen molar-refractivity contribution in [1.82, 2.24) is 4.98 Å². The van der Waals surface area contributed by atoms with E-state index in [2.05, 4.69) is 24.6 Å². The lowest BCUT2D eigenvalue weighted by molar-refractivity contribution is 0.715. The normalized spacial score (nSPS) is 9.92. The van der Waals surface area contributed by atoms with Gasteiger partial charge in [-0.1, -0.05) is 32.4 Å². The monoisotopic (exact) mass is 175 g/mol. The Morgan fingerprint density at radius 2 is 2.31 bits per heavy atom. The molecule has 0 atom stereocenters. The van der Waals surface area contributed by atoms with Gasteiger partial charge in [0.1, 0.15) is 0 Å². The molecule has 0 aliphatic heterocycles. The van der Waals surface area contributed by atoms with Crippen LogP contribution in [0.3, 0.4) is 0 Å². The van der Waals surface area contributed by atoms with E-state index >= 15 is 0 Å². The van der Waals surface area contributed by atoms with Crippen LogP contribution in [0.25, 0.3) is 6.08 Å². The highest BCUT2D eigenvalue weighted by Gasteiger charge is 1.98. The number of rotatable bonds is 5. The highest BCUT2D eigenvalue weighted by atomic mass is 14.7. The minimum Gasteiger partial charge on any atom is -0.257 e. The van der Waals surface area contributed by atoms with E-state index in [0.717, 1.165) is 12.1 Å². The van der Waals surface area contributed by atoms with Crippen LogP contribution in [0.5, 0.6) is 0 Å². The van der Waals surface area contributed by atoms with Crippen molar-refractivity contribution >= 4 is 6.08 Å². The molecular weight excluding hydrogens is 158 g/mol. The highest BCUT2D eigenvalue weighted by molar-refractivity contribution is 5.46. The van der Waals surface area contributed by atoms with Gasteiger partial charge >= 0.3 is 0 Å². The van der Waals surface area contributed by atoms with Crippen LogP contribution in [0.2, 0.25) is 0 Å². The van der Waals surface area contributed by atoms with Crippen molar-refractivity contribution in [3.63, 3.8) is 0 Å². The van der Waals surface area contributed by atoms with Crippen LogP contribution in [0, 0.1) is 0 Å². The van der Waals surface area contributed by atoms with E-state index in [1.165, 1.54) is 24.8 Å². The summed E-state index contributed by atoms with van der Waals surface area (Å²) in [6, 6.07) is 4.13. The summed E-state index contributed by atoms with van der Waals surface area (Å²) >= 11 is 0. The van der Waals surface area contributed by atoms with Gasteiger partial charge in [0, 0.05) is 6.20 Å². The Morgan fingerprint density at radius 1 is 1.46 bits per heavy atom. The number of unbranched alkanes of at least 4 members (excludes halogenated alkanes) is 2. The van der Waals surface area contributed by atoms with Gasteiger partial charge in [0.05, 0.1) is 5.69 Å². The molecular formula is C12H17N. The molecule has 0 fully saturated rings. The summed E-state index contributed by atoms with van der Waals surface area (Å²) in [4.78, 5) is 4.26. The van der Waals surface area contributed by atoms with Crippen LogP contribution in [0.15, 0.2) is 24.9 Å². The molecule has 0 saturated carbocycles. The molecule has 70 valence electrons. The van der Waals surface area contributed by atoms with Gasteiger partial charge in [0.15, 0.2) is 0 Å². The van der Waals surface area contributed by atoms with Crippen molar-refractivity contribution in [3.05, 3.63) is 36.2 Å². The Morgan fingerprint density at radius 3 is 3.00 bits per heavy atom. The lowest BCUT2D eigenvalue weighted by atomic mass is 10.1. The van der Waals surface area contributed by atoms with Crippen molar-refractivity contribution in [2.75, 3.05) is 0 Å². The zero-order valence-corrected chi connectivity index (χ0v) is 8.29. The molecule has 13 heavy (non-hydrogen) atoms. The van der Waals surface area contributed by atoms with Crippen LogP contribution in [-0.4, -0.2) is 4.98 Å². The number of hydrogen-bond acceptors (Lipinski definition) is 1. The molecule has 0 aromatic carbocycles. The van der Waals surface area contributed by atoms with Crippen molar-refractivity contribution in [2.24, 2.45) is 0 Å². The fourth-order valence-electron chi connectivity index (χ4n) is 1.41. The van der Waals surface area contributed by atoms with Crippen LogP contribution in [-0.2, 0) is 6.42 Å². The second-order valence-electron chi connectivity index (χ2n) is 3.21. The summed E-state index contributed by atoms with van der Waals surface area (Å²) in [6.07, 6.45) is 8.60. The zero-order chi connectivity index (χ0) is 9.52. The molecule has 1 heterocycles. The number of aromatic nitrogens is 1. The first-order valence-electron chi connectivity index (χ1n) is 4.94. The van der Waals surface area contributed by atoms with E-state index < -0.39 is 0 Å². The Balaban J connectivity index is 2.59. The van der Waals surface area contributed by atoms with E-state index in [0.29, 0.717) is 0 Å². The second kappa shape index (κ2) is 5.52. The number of nitrogens with zero attached hydrogens (tertiary/aromatic N) is 1. The van der Waals surface area contributed by atoms with Gasteiger partial charge in [-0.2, -0.15) is 0 Å². The van der Waals surface area contributed by atoms with Gasteiger partial charge in [-0.05, 0) is 30.5 Å². The fourth-order valence-corrected chi connectivity index (χ4v) is 1.41.